The number of carbonyl (C=O) groups excluding carboxylic acids is 1. The second kappa shape index (κ2) is 6.50. The number of nitrogens with zero attached hydrogens (tertiary/aromatic N) is 1. The summed E-state index contributed by atoms with van der Waals surface area (Å²) in [5.41, 5.74) is 0.812. The zero-order valence-corrected chi connectivity index (χ0v) is 11.6. The molecule has 1 heterocycles. The minimum absolute atomic E-state index is 0.0610. The number of aromatic nitrogens is 1. The van der Waals surface area contributed by atoms with E-state index in [1.807, 2.05) is 25.1 Å². The molecule has 0 bridgehead atoms. The highest BCUT2D eigenvalue weighted by Crippen LogP contribution is 2.29. The van der Waals surface area contributed by atoms with Crippen molar-refractivity contribution in [3.8, 4) is 0 Å². The van der Waals surface area contributed by atoms with Crippen LogP contribution in [-0.2, 0) is 9.59 Å². The van der Waals surface area contributed by atoms with E-state index in [0.717, 1.165) is 18.5 Å². The summed E-state index contributed by atoms with van der Waals surface area (Å²) >= 11 is 0. The number of rotatable bonds is 4. The molecule has 20 heavy (non-hydrogen) atoms. The van der Waals surface area contributed by atoms with Crippen LogP contribution in [0.15, 0.2) is 24.4 Å². The fraction of sp³-hybridized carbons (Fsp3) is 0.533. The normalized spacial score (nSPS) is 23.9. The molecule has 1 aliphatic rings. The van der Waals surface area contributed by atoms with Gasteiger partial charge in [-0.1, -0.05) is 12.5 Å². The van der Waals surface area contributed by atoms with E-state index >= 15 is 0 Å². The van der Waals surface area contributed by atoms with Crippen LogP contribution in [-0.4, -0.2) is 22.0 Å². The molecule has 5 heteroatoms. The van der Waals surface area contributed by atoms with Gasteiger partial charge in [-0.2, -0.15) is 0 Å². The summed E-state index contributed by atoms with van der Waals surface area (Å²) in [6.07, 6.45) is 4.38. The van der Waals surface area contributed by atoms with Gasteiger partial charge in [0, 0.05) is 12.1 Å². The Balaban J connectivity index is 1.93. The van der Waals surface area contributed by atoms with E-state index in [2.05, 4.69) is 10.3 Å². The van der Waals surface area contributed by atoms with Gasteiger partial charge < -0.3 is 10.4 Å². The van der Waals surface area contributed by atoms with Crippen molar-refractivity contribution in [3.05, 3.63) is 30.1 Å². The van der Waals surface area contributed by atoms with Gasteiger partial charge in [0.1, 0.15) is 0 Å². The highest BCUT2D eigenvalue weighted by atomic mass is 16.4. The number of hydrogen-bond donors (Lipinski definition) is 2. The van der Waals surface area contributed by atoms with Crippen LogP contribution in [0.2, 0.25) is 0 Å². The summed E-state index contributed by atoms with van der Waals surface area (Å²) in [4.78, 5) is 27.5. The highest BCUT2D eigenvalue weighted by molar-refractivity contribution is 5.80. The maximum absolute atomic E-state index is 12.2. The molecule has 1 fully saturated rings. The molecule has 0 radical (unpaired) electrons. The smallest absolute Gasteiger partial charge is 0.306 e. The second-order valence-corrected chi connectivity index (χ2v) is 5.38. The first-order chi connectivity index (χ1) is 9.58. The summed E-state index contributed by atoms with van der Waals surface area (Å²) in [6.45, 7) is 1.89. The van der Waals surface area contributed by atoms with Crippen molar-refractivity contribution < 1.29 is 14.7 Å². The van der Waals surface area contributed by atoms with Crippen LogP contribution in [0.4, 0.5) is 0 Å². The van der Waals surface area contributed by atoms with Crippen molar-refractivity contribution >= 4 is 11.9 Å². The van der Waals surface area contributed by atoms with Crippen LogP contribution in [0.3, 0.4) is 0 Å². The Bertz CT molecular complexity index is 475. The zero-order chi connectivity index (χ0) is 14.5. The van der Waals surface area contributed by atoms with Crippen LogP contribution in [0.5, 0.6) is 0 Å². The molecule has 2 rings (SSSR count). The molecule has 108 valence electrons. The molecular formula is C15H20N2O3. The Morgan fingerprint density at radius 1 is 1.35 bits per heavy atom. The van der Waals surface area contributed by atoms with E-state index in [0.29, 0.717) is 12.8 Å². The molecule has 2 N–H and O–H groups in total. The number of hydrogen-bond acceptors (Lipinski definition) is 3. The van der Waals surface area contributed by atoms with Crippen LogP contribution < -0.4 is 5.32 Å². The van der Waals surface area contributed by atoms with Gasteiger partial charge in [-0.15, -0.1) is 0 Å². The summed E-state index contributed by atoms with van der Waals surface area (Å²) in [5.74, 6) is -1.44. The molecular weight excluding hydrogens is 256 g/mol. The predicted molar refractivity (Wildman–Crippen MR) is 73.9 cm³/mol. The maximum Gasteiger partial charge on any atom is 0.306 e. The first kappa shape index (κ1) is 14.5. The average molecular weight is 276 g/mol. The van der Waals surface area contributed by atoms with Crippen LogP contribution >= 0.6 is 0 Å². The second-order valence-electron chi connectivity index (χ2n) is 5.38. The maximum atomic E-state index is 12.2. The Labute approximate surface area is 118 Å². The Hall–Kier alpha value is -1.91. The Kier molecular flexibility index (Phi) is 4.71. The van der Waals surface area contributed by atoms with E-state index in [-0.39, 0.29) is 23.8 Å². The lowest BCUT2D eigenvalue weighted by Gasteiger charge is -2.27. The standard InChI is InChI=1S/C15H20N2O3/c1-10(13-7-2-3-8-16-13)17-14(18)11-5-4-6-12(9-11)15(19)20/h2-3,7-8,10-12H,4-6,9H2,1H3,(H,17,18)(H,19,20). The van der Waals surface area contributed by atoms with E-state index in [1.54, 1.807) is 6.20 Å². The Morgan fingerprint density at radius 2 is 2.10 bits per heavy atom. The van der Waals surface area contributed by atoms with E-state index in [4.69, 9.17) is 5.11 Å². The molecule has 0 aliphatic heterocycles. The van der Waals surface area contributed by atoms with E-state index < -0.39 is 5.97 Å². The SMILES string of the molecule is CC(NC(=O)C1CCCC(C(=O)O)C1)c1ccccn1. The summed E-state index contributed by atoms with van der Waals surface area (Å²) in [6, 6.07) is 5.42. The van der Waals surface area contributed by atoms with Crippen molar-refractivity contribution in [3.63, 3.8) is 0 Å². The molecule has 1 saturated carbocycles. The molecule has 3 atom stereocenters. The number of nitrogens with one attached hydrogen (secondary N) is 1. The number of carbonyl (C=O) groups is 2. The predicted octanol–water partition coefficient (Wildman–Crippen LogP) is 2.15. The molecule has 1 aliphatic carbocycles. The molecule has 5 nitrogen and oxygen atoms in total. The number of aliphatic carboxylic acids is 1. The topological polar surface area (TPSA) is 79.3 Å². The van der Waals surface area contributed by atoms with E-state index in [9.17, 15) is 9.59 Å². The summed E-state index contributed by atoms with van der Waals surface area (Å²) in [5, 5.41) is 12.0. The van der Waals surface area contributed by atoms with Gasteiger partial charge in [0.25, 0.3) is 0 Å². The average Bonchev–Trinajstić information content (AvgIpc) is 2.48. The van der Waals surface area contributed by atoms with Crippen molar-refractivity contribution in [1.29, 1.82) is 0 Å². The lowest BCUT2D eigenvalue weighted by atomic mass is 9.81. The van der Waals surface area contributed by atoms with Gasteiger partial charge in [0.2, 0.25) is 5.91 Å². The van der Waals surface area contributed by atoms with Gasteiger partial charge in [-0.25, -0.2) is 0 Å². The van der Waals surface area contributed by atoms with Crippen LogP contribution in [0.25, 0.3) is 0 Å². The van der Waals surface area contributed by atoms with Crippen LogP contribution in [0, 0.1) is 11.8 Å². The van der Waals surface area contributed by atoms with Crippen LogP contribution in [0.1, 0.15) is 44.3 Å². The fourth-order valence-electron chi connectivity index (χ4n) is 2.69. The summed E-state index contributed by atoms with van der Waals surface area (Å²) < 4.78 is 0. The van der Waals surface area contributed by atoms with Crippen molar-refractivity contribution in [2.45, 2.75) is 38.6 Å². The van der Waals surface area contributed by atoms with Crippen molar-refractivity contribution in [2.75, 3.05) is 0 Å². The summed E-state index contributed by atoms with van der Waals surface area (Å²) in [7, 11) is 0. The minimum atomic E-state index is -0.791. The van der Waals surface area contributed by atoms with Crippen molar-refractivity contribution in [1.82, 2.24) is 10.3 Å². The third-order valence-electron chi connectivity index (χ3n) is 3.88. The molecule has 1 aromatic rings. The lowest BCUT2D eigenvalue weighted by molar-refractivity contribution is -0.144. The molecule has 0 aromatic carbocycles. The first-order valence-electron chi connectivity index (χ1n) is 7.02. The van der Waals surface area contributed by atoms with E-state index in [1.165, 1.54) is 0 Å². The minimum Gasteiger partial charge on any atom is -0.481 e. The third-order valence-corrected chi connectivity index (χ3v) is 3.88. The molecule has 1 aromatic heterocycles. The third kappa shape index (κ3) is 3.56. The monoisotopic (exact) mass is 276 g/mol. The zero-order valence-electron chi connectivity index (χ0n) is 11.6. The van der Waals surface area contributed by atoms with Gasteiger partial charge in [-0.3, -0.25) is 14.6 Å². The number of carboxylic acid groups (broad SMARTS) is 1. The van der Waals surface area contributed by atoms with Crippen molar-refractivity contribution in [2.24, 2.45) is 11.8 Å². The van der Waals surface area contributed by atoms with Gasteiger partial charge in [0.05, 0.1) is 17.7 Å². The number of carboxylic acids is 1. The molecule has 3 unspecified atom stereocenters. The van der Waals surface area contributed by atoms with Gasteiger partial charge in [-0.05, 0) is 38.3 Å². The fourth-order valence-corrected chi connectivity index (χ4v) is 2.69. The van der Waals surface area contributed by atoms with Gasteiger partial charge >= 0.3 is 5.97 Å². The molecule has 0 spiro atoms. The number of amides is 1. The lowest BCUT2D eigenvalue weighted by Crippen LogP contribution is -2.36. The largest absolute Gasteiger partial charge is 0.481 e. The van der Waals surface area contributed by atoms with Gasteiger partial charge in [0.15, 0.2) is 0 Å². The Morgan fingerprint density at radius 3 is 2.75 bits per heavy atom. The number of pyridine rings is 1. The quantitative estimate of drug-likeness (QED) is 0.883. The molecule has 0 saturated heterocycles. The molecule has 1 amide bonds. The highest BCUT2D eigenvalue weighted by Gasteiger charge is 2.31. The first-order valence-corrected chi connectivity index (χ1v) is 7.02.